The summed E-state index contributed by atoms with van der Waals surface area (Å²) in [5.41, 5.74) is 1.58. The van der Waals surface area contributed by atoms with E-state index >= 15 is 0 Å². The average Bonchev–Trinajstić information content (AvgIpc) is 3.25. The zero-order valence-electron chi connectivity index (χ0n) is 16.9. The number of nitrogens with one attached hydrogen (secondary N) is 2. The lowest BCUT2D eigenvalue weighted by Gasteiger charge is -2.13. The standard InChI is InChI=1S/C22H24N4O3S/c1-16(30-20-9-7-19(29-2)8-10-20)22(28)23-14-17-5-3-6-18(13-17)25-21(27)15-26-12-4-11-24-26/h3-13,16H,14-15H2,1-2H3,(H,23,28)(H,25,27). The Morgan fingerprint density at radius 2 is 1.97 bits per heavy atom. The molecular weight excluding hydrogens is 400 g/mol. The Kier molecular flexibility index (Phi) is 7.51. The average molecular weight is 425 g/mol. The van der Waals surface area contributed by atoms with Crippen molar-refractivity contribution in [2.45, 2.75) is 30.2 Å². The summed E-state index contributed by atoms with van der Waals surface area (Å²) in [6, 6.07) is 16.8. The van der Waals surface area contributed by atoms with Crippen LogP contribution in [0.1, 0.15) is 12.5 Å². The van der Waals surface area contributed by atoms with Crippen LogP contribution in [0.2, 0.25) is 0 Å². The fourth-order valence-electron chi connectivity index (χ4n) is 2.75. The Bertz CT molecular complexity index is 974. The number of hydrogen-bond donors (Lipinski definition) is 2. The van der Waals surface area contributed by atoms with Crippen LogP contribution in [-0.4, -0.2) is 34.0 Å². The molecule has 30 heavy (non-hydrogen) atoms. The van der Waals surface area contributed by atoms with E-state index < -0.39 is 0 Å². The van der Waals surface area contributed by atoms with Crippen LogP contribution in [0.3, 0.4) is 0 Å². The molecule has 8 heteroatoms. The van der Waals surface area contributed by atoms with Gasteiger partial charge in [0, 0.05) is 29.5 Å². The number of amides is 2. The van der Waals surface area contributed by atoms with E-state index in [0.29, 0.717) is 12.2 Å². The predicted molar refractivity (Wildman–Crippen MR) is 117 cm³/mol. The van der Waals surface area contributed by atoms with E-state index in [2.05, 4.69) is 15.7 Å². The first-order valence-electron chi connectivity index (χ1n) is 9.48. The van der Waals surface area contributed by atoms with E-state index in [4.69, 9.17) is 4.74 Å². The Labute approximate surface area is 179 Å². The van der Waals surface area contributed by atoms with Crippen LogP contribution in [0, 0.1) is 0 Å². The fraction of sp³-hybridized carbons (Fsp3) is 0.227. The molecule has 0 bridgehead atoms. The zero-order valence-corrected chi connectivity index (χ0v) is 17.7. The molecule has 1 aromatic heterocycles. The van der Waals surface area contributed by atoms with Gasteiger partial charge in [0.2, 0.25) is 11.8 Å². The summed E-state index contributed by atoms with van der Waals surface area (Å²) >= 11 is 1.49. The maximum Gasteiger partial charge on any atom is 0.246 e. The summed E-state index contributed by atoms with van der Waals surface area (Å²) in [6.45, 7) is 2.40. The molecule has 0 aliphatic rings. The van der Waals surface area contributed by atoms with Crippen LogP contribution in [-0.2, 0) is 22.7 Å². The van der Waals surface area contributed by atoms with Gasteiger partial charge < -0.3 is 15.4 Å². The van der Waals surface area contributed by atoms with E-state index in [1.54, 1.807) is 30.3 Å². The van der Waals surface area contributed by atoms with Gasteiger partial charge in [-0.3, -0.25) is 14.3 Å². The van der Waals surface area contributed by atoms with E-state index in [1.165, 1.54) is 11.8 Å². The molecule has 3 aromatic rings. The van der Waals surface area contributed by atoms with Gasteiger partial charge in [-0.05, 0) is 55.0 Å². The second-order valence-electron chi connectivity index (χ2n) is 6.61. The summed E-state index contributed by atoms with van der Waals surface area (Å²) in [5.74, 6) is 0.571. The minimum Gasteiger partial charge on any atom is -0.497 e. The van der Waals surface area contributed by atoms with Crippen molar-refractivity contribution in [3.8, 4) is 5.75 Å². The maximum atomic E-state index is 12.4. The van der Waals surface area contributed by atoms with Gasteiger partial charge in [0.25, 0.3) is 0 Å². The summed E-state index contributed by atoms with van der Waals surface area (Å²) in [6.07, 6.45) is 3.36. The third-order valence-corrected chi connectivity index (χ3v) is 5.40. The number of carbonyl (C=O) groups excluding carboxylic acids is 2. The van der Waals surface area contributed by atoms with Gasteiger partial charge in [-0.15, -0.1) is 11.8 Å². The number of methoxy groups -OCH3 is 1. The van der Waals surface area contributed by atoms with Gasteiger partial charge in [0.15, 0.2) is 0 Å². The van der Waals surface area contributed by atoms with Gasteiger partial charge in [0.1, 0.15) is 12.3 Å². The lowest BCUT2D eigenvalue weighted by Crippen LogP contribution is -2.30. The van der Waals surface area contributed by atoms with Crippen LogP contribution in [0.15, 0.2) is 71.9 Å². The Hall–Kier alpha value is -3.26. The molecule has 2 amide bonds. The monoisotopic (exact) mass is 424 g/mol. The summed E-state index contributed by atoms with van der Waals surface area (Å²) < 4.78 is 6.71. The first-order valence-corrected chi connectivity index (χ1v) is 10.4. The van der Waals surface area contributed by atoms with Crippen molar-refractivity contribution in [2.24, 2.45) is 0 Å². The molecule has 0 aliphatic carbocycles. The van der Waals surface area contributed by atoms with Crippen molar-refractivity contribution < 1.29 is 14.3 Å². The number of aromatic nitrogens is 2. The molecule has 1 atom stereocenters. The molecular formula is C22H24N4O3S. The molecule has 2 N–H and O–H groups in total. The predicted octanol–water partition coefficient (Wildman–Crippen LogP) is 3.33. The highest BCUT2D eigenvalue weighted by atomic mass is 32.2. The second kappa shape index (κ2) is 10.5. The summed E-state index contributed by atoms with van der Waals surface area (Å²) in [5, 5.41) is 9.57. The van der Waals surface area contributed by atoms with Crippen molar-refractivity contribution in [3.63, 3.8) is 0 Å². The Morgan fingerprint density at radius 3 is 2.67 bits per heavy atom. The highest BCUT2D eigenvalue weighted by molar-refractivity contribution is 8.00. The molecule has 0 fully saturated rings. The van der Waals surface area contributed by atoms with Crippen molar-refractivity contribution >= 4 is 29.3 Å². The first kappa shape index (κ1) is 21.4. The Balaban J connectivity index is 1.49. The van der Waals surface area contributed by atoms with E-state index in [0.717, 1.165) is 16.2 Å². The SMILES string of the molecule is COc1ccc(SC(C)C(=O)NCc2cccc(NC(=O)Cn3cccn3)c2)cc1. The summed E-state index contributed by atoms with van der Waals surface area (Å²) in [7, 11) is 1.62. The molecule has 0 radical (unpaired) electrons. The van der Waals surface area contributed by atoms with Crippen LogP contribution < -0.4 is 15.4 Å². The van der Waals surface area contributed by atoms with E-state index in [1.807, 2.05) is 55.5 Å². The quantitative estimate of drug-likeness (QED) is 0.515. The van der Waals surface area contributed by atoms with Gasteiger partial charge in [-0.1, -0.05) is 12.1 Å². The zero-order chi connectivity index (χ0) is 21.3. The van der Waals surface area contributed by atoms with Gasteiger partial charge in [-0.25, -0.2) is 0 Å². The van der Waals surface area contributed by atoms with E-state index in [-0.39, 0.29) is 23.6 Å². The maximum absolute atomic E-state index is 12.4. The minimum absolute atomic E-state index is 0.0519. The lowest BCUT2D eigenvalue weighted by molar-refractivity contribution is -0.120. The molecule has 0 saturated heterocycles. The Morgan fingerprint density at radius 1 is 1.17 bits per heavy atom. The highest BCUT2D eigenvalue weighted by Crippen LogP contribution is 2.25. The fourth-order valence-corrected chi connectivity index (χ4v) is 3.64. The molecule has 0 aliphatic heterocycles. The molecule has 156 valence electrons. The van der Waals surface area contributed by atoms with Gasteiger partial charge >= 0.3 is 0 Å². The molecule has 0 saturated carbocycles. The van der Waals surface area contributed by atoms with Crippen molar-refractivity contribution in [1.29, 1.82) is 0 Å². The largest absolute Gasteiger partial charge is 0.497 e. The molecule has 2 aromatic carbocycles. The number of thioether (sulfide) groups is 1. The number of benzene rings is 2. The molecule has 0 spiro atoms. The third-order valence-electron chi connectivity index (χ3n) is 4.28. The molecule has 7 nitrogen and oxygen atoms in total. The van der Waals surface area contributed by atoms with Crippen LogP contribution in [0.4, 0.5) is 5.69 Å². The van der Waals surface area contributed by atoms with Crippen LogP contribution >= 0.6 is 11.8 Å². The number of hydrogen-bond acceptors (Lipinski definition) is 5. The number of ether oxygens (including phenoxy) is 1. The van der Waals surface area contributed by atoms with Crippen LogP contribution in [0.5, 0.6) is 5.75 Å². The summed E-state index contributed by atoms with van der Waals surface area (Å²) in [4.78, 5) is 25.6. The molecule has 1 heterocycles. The van der Waals surface area contributed by atoms with Crippen molar-refractivity contribution in [2.75, 3.05) is 12.4 Å². The minimum atomic E-state index is -0.240. The lowest BCUT2D eigenvalue weighted by atomic mass is 10.2. The third kappa shape index (κ3) is 6.38. The smallest absolute Gasteiger partial charge is 0.246 e. The first-order chi connectivity index (χ1) is 14.5. The van der Waals surface area contributed by atoms with E-state index in [9.17, 15) is 9.59 Å². The molecule has 3 rings (SSSR count). The van der Waals surface area contributed by atoms with Crippen LogP contribution in [0.25, 0.3) is 0 Å². The topological polar surface area (TPSA) is 85.3 Å². The van der Waals surface area contributed by atoms with Crippen molar-refractivity contribution in [3.05, 3.63) is 72.6 Å². The highest BCUT2D eigenvalue weighted by Gasteiger charge is 2.14. The second-order valence-corrected chi connectivity index (χ2v) is 8.02. The van der Waals surface area contributed by atoms with Gasteiger partial charge in [-0.2, -0.15) is 5.10 Å². The number of carbonyl (C=O) groups is 2. The number of rotatable bonds is 9. The molecule has 1 unspecified atom stereocenters. The number of anilines is 1. The normalized spacial score (nSPS) is 11.5. The van der Waals surface area contributed by atoms with Gasteiger partial charge in [0.05, 0.1) is 12.4 Å². The number of nitrogens with zero attached hydrogens (tertiary/aromatic N) is 2. The van der Waals surface area contributed by atoms with Crippen molar-refractivity contribution in [1.82, 2.24) is 15.1 Å².